The summed E-state index contributed by atoms with van der Waals surface area (Å²) >= 11 is 0. The molecule has 14 heavy (non-hydrogen) atoms. The molecule has 1 amide bonds. The predicted molar refractivity (Wildman–Crippen MR) is 52.8 cm³/mol. The molecule has 0 spiro atoms. The maximum Gasteiger partial charge on any atom is 0.242 e. The summed E-state index contributed by atoms with van der Waals surface area (Å²) in [7, 11) is 0. The summed E-state index contributed by atoms with van der Waals surface area (Å²) < 4.78 is 0. The number of aliphatic hydroxyl groups excluding tert-OH is 1. The molecule has 4 heteroatoms. The smallest absolute Gasteiger partial charge is 0.242 e. The zero-order chi connectivity index (χ0) is 10.1. The molecule has 2 rings (SSSR count). The number of rotatable bonds is 2. The van der Waals surface area contributed by atoms with Crippen molar-refractivity contribution >= 4 is 5.91 Å². The Morgan fingerprint density at radius 3 is 2.86 bits per heavy atom. The van der Waals surface area contributed by atoms with Gasteiger partial charge in [0.05, 0.1) is 6.61 Å². The number of hydrogen-bond donors (Lipinski definition) is 2. The Kier molecular flexibility index (Phi) is 2.74. The van der Waals surface area contributed by atoms with Crippen LogP contribution in [-0.4, -0.2) is 47.7 Å². The Morgan fingerprint density at radius 1 is 1.57 bits per heavy atom. The maximum atomic E-state index is 11.9. The van der Waals surface area contributed by atoms with Gasteiger partial charge in [0.1, 0.15) is 6.04 Å². The van der Waals surface area contributed by atoms with Crippen LogP contribution in [0.4, 0.5) is 0 Å². The molecule has 2 unspecified atom stereocenters. The van der Waals surface area contributed by atoms with E-state index < -0.39 is 0 Å². The summed E-state index contributed by atoms with van der Waals surface area (Å²) in [6.45, 7) is 3.71. The van der Waals surface area contributed by atoms with Gasteiger partial charge in [-0.15, -0.1) is 0 Å². The quantitative estimate of drug-likeness (QED) is 0.633. The first kappa shape index (κ1) is 9.93. The second kappa shape index (κ2) is 3.87. The van der Waals surface area contributed by atoms with Crippen LogP contribution in [0.15, 0.2) is 0 Å². The number of aliphatic hydroxyl groups is 1. The fraction of sp³-hybridized carbons (Fsp3) is 0.900. The minimum Gasteiger partial charge on any atom is -0.394 e. The molecule has 1 saturated carbocycles. The number of hydrogen-bond acceptors (Lipinski definition) is 3. The fourth-order valence-corrected chi connectivity index (χ4v) is 1.98. The van der Waals surface area contributed by atoms with Crippen molar-refractivity contribution in [3.05, 3.63) is 0 Å². The lowest BCUT2D eigenvalue weighted by molar-refractivity contribution is -0.134. The van der Waals surface area contributed by atoms with Gasteiger partial charge in [-0.05, 0) is 18.8 Å². The van der Waals surface area contributed by atoms with Crippen molar-refractivity contribution < 1.29 is 9.90 Å². The average molecular weight is 198 g/mol. The summed E-state index contributed by atoms with van der Waals surface area (Å²) in [5.41, 5.74) is 0. The summed E-state index contributed by atoms with van der Waals surface area (Å²) in [5, 5.41) is 12.2. The topological polar surface area (TPSA) is 52.6 Å². The molecule has 1 saturated heterocycles. The Morgan fingerprint density at radius 2 is 2.29 bits per heavy atom. The van der Waals surface area contributed by atoms with Crippen molar-refractivity contribution in [2.24, 2.45) is 5.92 Å². The van der Waals surface area contributed by atoms with E-state index in [1.165, 1.54) is 0 Å². The molecule has 1 aliphatic heterocycles. The standard InChI is InChI=1S/C10H18N2O2/c1-7-4-11-9(6-13)10(14)12(5-7)8-2-3-8/h7-9,11,13H,2-6H2,1H3. The molecule has 0 bridgehead atoms. The van der Waals surface area contributed by atoms with E-state index in [0.717, 1.165) is 25.9 Å². The van der Waals surface area contributed by atoms with E-state index in [4.69, 9.17) is 5.11 Å². The SMILES string of the molecule is CC1CNC(CO)C(=O)N(C2CC2)C1. The number of nitrogens with one attached hydrogen (secondary N) is 1. The Bertz CT molecular complexity index is 228. The molecule has 2 aliphatic rings. The molecular formula is C10H18N2O2. The van der Waals surface area contributed by atoms with Gasteiger partial charge in [0.2, 0.25) is 5.91 Å². The van der Waals surface area contributed by atoms with Crippen LogP contribution in [0.5, 0.6) is 0 Å². The van der Waals surface area contributed by atoms with Crippen LogP contribution in [0, 0.1) is 5.92 Å². The molecule has 2 fully saturated rings. The molecule has 2 atom stereocenters. The normalized spacial score (nSPS) is 34.4. The zero-order valence-corrected chi connectivity index (χ0v) is 8.57. The molecule has 0 radical (unpaired) electrons. The lowest BCUT2D eigenvalue weighted by atomic mass is 10.2. The average Bonchev–Trinajstić information content (AvgIpc) is 2.96. The first-order valence-corrected chi connectivity index (χ1v) is 5.37. The van der Waals surface area contributed by atoms with Crippen molar-refractivity contribution in [2.45, 2.75) is 31.8 Å². The molecule has 4 nitrogen and oxygen atoms in total. The van der Waals surface area contributed by atoms with Gasteiger partial charge in [0, 0.05) is 19.1 Å². The Balaban J connectivity index is 2.07. The number of carbonyl (C=O) groups is 1. The zero-order valence-electron chi connectivity index (χ0n) is 8.57. The minimum absolute atomic E-state index is 0.0827. The minimum atomic E-state index is -0.374. The second-order valence-corrected chi connectivity index (χ2v) is 4.47. The highest BCUT2D eigenvalue weighted by atomic mass is 16.3. The number of nitrogens with zero attached hydrogens (tertiary/aromatic N) is 1. The second-order valence-electron chi connectivity index (χ2n) is 4.47. The van der Waals surface area contributed by atoms with Crippen molar-refractivity contribution in [1.82, 2.24) is 10.2 Å². The molecule has 80 valence electrons. The van der Waals surface area contributed by atoms with Crippen LogP contribution in [0.25, 0.3) is 0 Å². The highest BCUT2D eigenvalue weighted by molar-refractivity contribution is 5.83. The number of amides is 1. The summed E-state index contributed by atoms with van der Waals surface area (Å²) in [4.78, 5) is 13.9. The van der Waals surface area contributed by atoms with E-state index in [2.05, 4.69) is 12.2 Å². The molecule has 1 heterocycles. The van der Waals surface area contributed by atoms with Gasteiger partial charge in [-0.3, -0.25) is 4.79 Å². The van der Waals surface area contributed by atoms with E-state index in [9.17, 15) is 4.79 Å². The summed E-state index contributed by atoms with van der Waals surface area (Å²) in [6.07, 6.45) is 2.27. The Labute approximate surface area is 84.3 Å². The monoisotopic (exact) mass is 198 g/mol. The van der Waals surface area contributed by atoms with E-state index >= 15 is 0 Å². The van der Waals surface area contributed by atoms with E-state index in [0.29, 0.717) is 12.0 Å². The van der Waals surface area contributed by atoms with Crippen LogP contribution in [0.2, 0.25) is 0 Å². The predicted octanol–water partition coefficient (Wildman–Crippen LogP) is -0.422. The molecule has 0 aromatic carbocycles. The van der Waals surface area contributed by atoms with Gasteiger partial charge >= 0.3 is 0 Å². The van der Waals surface area contributed by atoms with Crippen molar-refractivity contribution in [2.75, 3.05) is 19.7 Å². The molecule has 0 aromatic heterocycles. The van der Waals surface area contributed by atoms with Crippen LogP contribution in [0.3, 0.4) is 0 Å². The van der Waals surface area contributed by atoms with Crippen LogP contribution in [0.1, 0.15) is 19.8 Å². The highest BCUT2D eigenvalue weighted by Crippen LogP contribution is 2.28. The van der Waals surface area contributed by atoms with E-state index in [-0.39, 0.29) is 18.6 Å². The van der Waals surface area contributed by atoms with Gasteiger partial charge in [-0.2, -0.15) is 0 Å². The van der Waals surface area contributed by atoms with Crippen LogP contribution < -0.4 is 5.32 Å². The first-order valence-electron chi connectivity index (χ1n) is 5.37. The number of carbonyl (C=O) groups excluding carboxylic acids is 1. The van der Waals surface area contributed by atoms with Gasteiger partial charge in [-0.1, -0.05) is 6.92 Å². The van der Waals surface area contributed by atoms with E-state index in [1.54, 1.807) is 0 Å². The van der Waals surface area contributed by atoms with Crippen LogP contribution in [-0.2, 0) is 4.79 Å². The van der Waals surface area contributed by atoms with Gasteiger partial charge in [0.15, 0.2) is 0 Å². The lowest BCUT2D eigenvalue weighted by Crippen LogP contribution is -2.46. The van der Waals surface area contributed by atoms with Gasteiger partial charge in [-0.25, -0.2) is 0 Å². The first-order chi connectivity index (χ1) is 6.72. The van der Waals surface area contributed by atoms with Crippen LogP contribution >= 0.6 is 0 Å². The lowest BCUT2D eigenvalue weighted by Gasteiger charge is -2.24. The van der Waals surface area contributed by atoms with Crippen molar-refractivity contribution in [1.29, 1.82) is 0 Å². The fourth-order valence-electron chi connectivity index (χ4n) is 1.98. The third-order valence-electron chi connectivity index (χ3n) is 2.97. The molecule has 0 aromatic rings. The largest absolute Gasteiger partial charge is 0.394 e. The van der Waals surface area contributed by atoms with E-state index in [1.807, 2.05) is 4.90 Å². The summed E-state index contributed by atoms with van der Waals surface area (Å²) in [6, 6.07) is 0.0828. The Hall–Kier alpha value is -0.610. The summed E-state index contributed by atoms with van der Waals surface area (Å²) in [5.74, 6) is 0.565. The highest BCUT2D eigenvalue weighted by Gasteiger charge is 2.37. The van der Waals surface area contributed by atoms with Crippen molar-refractivity contribution in [3.8, 4) is 0 Å². The molecule has 2 N–H and O–H groups in total. The van der Waals surface area contributed by atoms with Gasteiger partial charge in [0.25, 0.3) is 0 Å². The maximum absolute atomic E-state index is 11.9. The third-order valence-corrected chi connectivity index (χ3v) is 2.97. The van der Waals surface area contributed by atoms with Crippen molar-refractivity contribution in [3.63, 3.8) is 0 Å². The van der Waals surface area contributed by atoms with Gasteiger partial charge < -0.3 is 15.3 Å². The molecular weight excluding hydrogens is 180 g/mol. The third kappa shape index (κ3) is 1.91. The molecule has 1 aliphatic carbocycles.